The zero-order valence-electron chi connectivity index (χ0n) is 15.9. The highest BCUT2D eigenvalue weighted by atomic mass is 35.5. The second-order valence-corrected chi connectivity index (χ2v) is 7.31. The van der Waals surface area contributed by atoms with Crippen LogP contribution in [0.25, 0.3) is 11.0 Å². The topological polar surface area (TPSA) is 27.1 Å². The molecule has 1 heterocycles. The zero-order valence-corrected chi connectivity index (χ0v) is 16.7. The van der Waals surface area contributed by atoms with Crippen molar-refractivity contribution in [3.05, 3.63) is 94.8 Å². The Morgan fingerprint density at radius 2 is 1.68 bits per heavy atom. The smallest absolute Gasteiger partial charge is 0.137 e. The molecule has 3 nitrogen and oxygen atoms in total. The third-order valence-corrected chi connectivity index (χ3v) is 5.28. The maximum Gasteiger partial charge on any atom is 0.137 e. The number of nitrogens with zero attached hydrogens (tertiary/aromatic N) is 2. The average molecular weight is 391 g/mol. The molecule has 3 aromatic carbocycles. The lowest BCUT2D eigenvalue weighted by Gasteiger charge is -2.12. The molecule has 0 aliphatic heterocycles. The molecule has 0 spiro atoms. The number of aryl methyl sites for hydroxylation is 2. The number of benzene rings is 3. The highest BCUT2D eigenvalue weighted by molar-refractivity contribution is 6.32. The SMILES string of the molecule is Cc1ccccc1Cc1nc2ccccc2n1CCCOc1ccccc1Cl. The van der Waals surface area contributed by atoms with Crippen LogP contribution in [-0.2, 0) is 13.0 Å². The molecule has 0 radical (unpaired) electrons. The number of aromatic nitrogens is 2. The van der Waals surface area contributed by atoms with E-state index in [1.54, 1.807) is 0 Å². The molecule has 0 atom stereocenters. The van der Waals surface area contributed by atoms with Gasteiger partial charge in [-0.05, 0) is 48.7 Å². The van der Waals surface area contributed by atoms with E-state index in [0.717, 1.165) is 36.5 Å². The summed E-state index contributed by atoms with van der Waals surface area (Å²) in [7, 11) is 0. The van der Waals surface area contributed by atoms with E-state index in [0.29, 0.717) is 11.6 Å². The van der Waals surface area contributed by atoms with Crippen LogP contribution in [0.3, 0.4) is 0 Å². The van der Waals surface area contributed by atoms with Gasteiger partial charge in [0.1, 0.15) is 11.6 Å². The Labute approximate surface area is 170 Å². The maximum absolute atomic E-state index is 6.17. The highest BCUT2D eigenvalue weighted by Crippen LogP contribution is 2.24. The minimum absolute atomic E-state index is 0.611. The van der Waals surface area contributed by atoms with Crippen molar-refractivity contribution < 1.29 is 4.74 Å². The van der Waals surface area contributed by atoms with Gasteiger partial charge < -0.3 is 9.30 Å². The summed E-state index contributed by atoms with van der Waals surface area (Å²) in [5, 5.41) is 0.649. The van der Waals surface area contributed by atoms with Gasteiger partial charge in [-0.1, -0.05) is 60.1 Å². The lowest BCUT2D eigenvalue weighted by Crippen LogP contribution is -2.09. The van der Waals surface area contributed by atoms with Crippen LogP contribution in [0, 0.1) is 6.92 Å². The molecule has 0 aliphatic rings. The highest BCUT2D eigenvalue weighted by Gasteiger charge is 2.12. The largest absolute Gasteiger partial charge is 0.492 e. The predicted molar refractivity (Wildman–Crippen MR) is 115 cm³/mol. The van der Waals surface area contributed by atoms with Gasteiger partial charge in [0.15, 0.2) is 0 Å². The van der Waals surface area contributed by atoms with Gasteiger partial charge in [0.25, 0.3) is 0 Å². The zero-order chi connectivity index (χ0) is 19.3. The van der Waals surface area contributed by atoms with Crippen LogP contribution >= 0.6 is 11.6 Å². The lowest BCUT2D eigenvalue weighted by atomic mass is 10.1. The second-order valence-electron chi connectivity index (χ2n) is 6.90. The first kappa shape index (κ1) is 18.6. The standard InChI is InChI=1S/C24H23ClN2O/c1-18-9-2-3-10-19(18)17-24-26-21-12-5-6-13-22(21)27(24)15-8-16-28-23-14-7-4-11-20(23)25/h2-7,9-14H,8,15-17H2,1H3. The van der Waals surface area contributed by atoms with Crippen molar-refractivity contribution in [3.63, 3.8) is 0 Å². The van der Waals surface area contributed by atoms with Gasteiger partial charge in [-0.25, -0.2) is 4.98 Å². The van der Waals surface area contributed by atoms with Gasteiger partial charge >= 0.3 is 0 Å². The van der Waals surface area contributed by atoms with Crippen LogP contribution in [0.1, 0.15) is 23.4 Å². The van der Waals surface area contributed by atoms with Crippen molar-refractivity contribution >= 4 is 22.6 Å². The molecule has 4 heteroatoms. The minimum atomic E-state index is 0.611. The Bertz CT molecular complexity index is 1090. The molecule has 0 saturated carbocycles. The van der Waals surface area contributed by atoms with Crippen molar-refractivity contribution in [2.45, 2.75) is 26.3 Å². The summed E-state index contributed by atoms with van der Waals surface area (Å²) in [5.74, 6) is 1.83. The molecule has 0 unspecified atom stereocenters. The number of hydrogen-bond acceptors (Lipinski definition) is 2. The third kappa shape index (κ3) is 4.05. The first-order valence-electron chi connectivity index (χ1n) is 9.58. The van der Waals surface area contributed by atoms with Crippen molar-refractivity contribution in [1.82, 2.24) is 9.55 Å². The average Bonchev–Trinajstić information content (AvgIpc) is 3.05. The first-order valence-corrected chi connectivity index (χ1v) is 9.96. The van der Waals surface area contributed by atoms with Gasteiger partial charge in [0.05, 0.1) is 22.7 Å². The fourth-order valence-corrected chi connectivity index (χ4v) is 3.65. The molecule has 0 aliphatic carbocycles. The Morgan fingerprint density at radius 1 is 0.929 bits per heavy atom. The van der Waals surface area contributed by atoms with E-state index in [-0.39, 0.29) is 0 Å². The van der Waals surface area contributed by atoms with E-state index >= 15 is 0 Å². The fourth-order valence-electron chi connectivity index (χ4n) is 3.46. The molecular formula is C24H23ClN2O. The number of fused-ring (bicyclic) bond motifs is 1. The fraction of sp³-hybridized carbons (Fsp3) is 0.208. The van der Waals surface area contributed by atoms with Crippen LogP contribution in [-0.4, -0.2) is 16.2 Å². The summed E-state index contributed by atoms with van der Waals surface area (Å²) < 4.78 is 8.18. The number of para-hydroxylation sites is 3. The second kappa shape index (κ2) is 8.49. The van der Waals surface area contributed by atoms with E-state index in [1.165, 1.54) is 16.6 Å². The quantitative estimate of drug-likeness (QED) is 0.359. The van der Waals surface area contributed by atoms with Gasteiger partial charge in [-0.2, -0.15) is 0 Å². The Balaban J connectivity index is 1.52. The molecular weight excluding hydrogens is 368 g/mol. The lowest BCUT2D eigenvalue weighted by molar-refractivity contribution is 0.302. The van der Waals surface area contributed by atoms with Crippen molar-refractivity contribution in [2.75, 3.05) is 6.61 Å². The summed E-state index contributed by atoms with van der Waals surface area (Å²) in [6, 6.07) is 24.4. The predicted octanol–water partition coefficient (Wildman–Crippen LogP) is 6.06. The van der Waals surface area contributed by atoms with E-state index in [1.807, 2.05) is 30.3 Å². The number of hydrogen-bond donors (Lipinski definition) is 0. The molecule has 0 saturated heterocycles. The van der Waals surface area contributed by atoms with Crippen LogP contribution in [0.15, 0.2) is 72.8 Å². The summed E-state index contributed by atoms with van der Waals surface area (Å²) in [4.78, 5) is 4.90. The summed E-state index contributed by atoms with van der Waals surface area (Å²) in [6.07, 6.45) is 1.71. The number of ether oxygens (including phenoxy) is 1. The number of imidazole rings is 1. The third-order valence-electron chi connectivity index (χ3n) is 4.96. The molecule has 4 aromatic rings. The Kier molecular flexibility index (Phi) is 5.63. The molecule has 0 bridgehead atoms. The van der Waals surface area contributed by atoms with Crippen molar-refractivity contribution in [3.8, 4) is 5.75 Å². The molecule has 28 heavy (non-hydrogen) atoms. The molecule has 1 aromatic heterocycles. The minimum Gasteiger partial charge on any atom is -0.492 e. The maximum atomic E-state index is 6.17. The monoisotopic (exact) mass is 390 g/mol. The molecule has 4 rings (SSSR count). The van der Waals surface area contributed by atoms with E-state index in [4.69, 9.17) is 21.3 Å². The number of halogens is 1. The van der Waals surface area contributed by atoms with Crippen LogP contribution in [0.4, 0.5) is 0 Å². The van der Waals surface area contributed by atoms with Gasteiger partial charge in [-0.15, -0.1) is 0 Å². The van der Waals surface area contributed by atoms with Crippen molar-refractivity contribution in [2.24, 2.45) is 0 Å². The number of rotatable bonds is 7. The summed E-state index contributed by atoms with van der Waals surface area (Å²) in [5.41, 5.74) is 4.82. The summed E-state index contributed by atoms with van der Waals surface area (Å²) >= 11 is 6.17. The Morgan fingerprint density at radius 3 is 2.54 bits per heavy atom. The van der Waals surface area contributed by atoms with Crippen molar-refractivity contribution in [1.29, 1.82) is 0 Å². The normalized spacial score (nSPS) is 11.1. The van der Waals surface area contributed by atoms with Gasteiger partial charge in [0, 0.05) is 13.0 Å². The van der Waals surface area contributed by atoms with Gasteiger partial charge in [0.2, 0.25) is 0 Å². The van der Waals surface area contributed by atoms with E-state index in [9.17, 15) is 0 Å². The van der Waals surface area contributed by atoms with Gasteiger partial charge in [-0.3, -0.25) is 0 Å². The Hall–Kier alpha value is -2.78. The van der Waals surface area contributed by atoms with Crippen LogP contribution < -0.4 is 4.74 Å². The molecule has 0 fully saturated rings. The van der Waals surface area contributed by atoms with E-state index < -0.39 is 0 Å². The van der Waals surface area contributed by atoms with E-state index in [2.05, 4.69) is 54.0 Å². The van der Waals surface area contributed by atoms with Crippen LogP contribution in [0.2, 0.25) is 5.02 Å². The first-order chi connectivity index (χ1) is 13.7. The molecule has 0 amide bonds. The summed E-state index contributed by atoms with van der Waals surface area (Å²) in [6.45, 7) is 3.62. The molecule has 0 N–H and O–H groups in total. The molecule has 142 valence electrons. The van der Waals surface area contributed by atoms with Crippen LogP contribution in [0.5, 0.6) is 5.75 Å².